The summed E-state index contributed by atoms with van der Waals surface area (Å²) in [5.74, 6) is 1.88. The van der Waals surface area contributed by atoms with Crippen LogP contribution >= 0.6 is 23.1 Å². The predicted molar refractivity (Wildman–Crippen MR) is 109 cm³/mol. The zero-order valence-corrected chi connectivity index (χ0v) is 16.1. The van der Waals surface area contributed by atoms with E-state index in [9.17, 15) is 4.79 Å². The van der Waals surface area contributed by atoms with Crippen molar-refractivity contribution in [3.63, 3.8) is 0 Å². The van der Waals surface area contributed by atoms with Crippen LogP contribution in [0.25, 0.3) is 11.1 Å². The van der Waals surface area contributed by atoms with Gasteiger partial charge in [0.15, 0.2) is 0 Å². The van der Waals surface area contributed by atoms with Gasteiger partial charge >= 0.3 is 0 Å². The first-order valence-corrected chi connectivity index (χ1v) is 10.4. The number of thioether (sulfide) groups is 1. The van der Waals surface area contributed by atoms with Crippen LogP contribution in [-0.2, 0) is 0 Å². The molecule has 2 aromatic carbocycles. The molecule has 0 saturated carbocycles. The number of ether oxygens (including phenoxy) is 1. The summed E-state index contributed by atoms with van der Waals surface area (Å²) < 4.78 is 5.23. The predicted octanol–water partition coefficient (Wildman–Crippen LogP) is 5.31. The van der Waals surface area contributed by atoms with Crippen molar-refractivity contribution in [1.29, 1.82) is 0 Å². The number of carbonyl (C=O) groups excluding carboxylic acids is 1. The third-order valence-corrected chi connectivity index (χ3v) is 6.48. The number of thiophene rings is 1. The molecule has 1 atom stereocenters. The number of hydrogen-bond acceptors (Lipinski definition) is 4. The Morgan fingerprint density at radius 1 is 1.04 bits per heavy atom. The summed E-state index contributed by atoms with van der Waals surface area (Å²) in [6.45, 7) is 0.770. The van der Waals surface area contributed by atoms with Crippen LogP contribution < -0.4 is 4.74 Å². The zero-order chi connectivity index (χ0) is 17.9. The van der Waals surface area contributed by atoms with E-state index in [2.05, 4.69) is 16.8 Å². The lowest BCUT2D eigenvalue weighted by Crippen LogP contribution is -2.30. The van der Waals surface area contributed by atoms with E-state index in [1.54, 1.807) is 30.2 Å². The standard InChI is InChI=1S/C21H19NO2S2/c1-24-19-8-6-17(7-9-19)21-22(11-13-26-21)20(23)16-4-2-15(3-5-16)18-10-12-25-14-18/h2-10,12,14,21H,11,13H2,1H3. The summed E-state index contributed by atoms with van der Waals surface area (Å²) in [5.41, 5.74) is 4.22. The molecule has 3 nitrogen and oxygen atoms in total. The van der Waals surface area contributed by atoms with E-state index < -0.39 is 0 Å². The number of rotatable bonds is 4. The van der Waals surface area contributed by atoms with E-state index in [-0.39, 0.29) is 11.3 Å². The van der Waals surface area contributed by atoms with Crippen molar-refractivity contribution < 1.29 is 9.53 Å². The topological polar surface area (TPSA) is 29.5 Å². The summed E-state index contributed by atoms with van der Waals surface area (Å²) in [6, 6.07) is 18.0. The van der Waals surface area contributed by atoms with Gasteiger partial charge < -0.3 is 9.64 Å². The van der Waals surface area contributed by atoms with Gasteiger partial charge in [-0.3, -0.25) is 4.79 Å². The lowest BCUT2D eigenvalue weighted by molar-refractivity contribution is 0.0760. The van der Waals surface area contributed by atoms with Crippen LogP contribution in [0.15, 0.2) is 65.4 Å². The minimum absolute atomic E-state index is 0.0601. The molecule has 3 aromatic rings. The first-order valence-electron chi connectivity index (χ1n) is 8.45. The Kier molecular flexibility index (Phi) is 5.00. The molecular weight excluding hydrogens is 362 g/mol. The normalized spacial score (nSPS) is 16.7. The van der Waals surface area contributed by atoms with E-state index in [4.69, 9.17) is 4.74 Å². The molecule has 1 saturated heterocycles. The van der Waals surface area contributed by atoms with Crippen LogP contribution in [0.4, 0.5) is 0 Å². The molecule has 0 radical (unpaired) electrons. The number of nitrogens with zero attached hydrogens (tertiary/aromatic N) is 1. The van der Waals surface area contributed by atoms with E-state index >= 15 is 0 Å². The maximum absolute atomic E-state index is 13.0. The van der Waals surface area contributed by atoms with E-state index in [1.165, 1.54) is 5.56 Å². The number of methoxy groups -OCH3 is 1. The molecule has 1 aliphatic rings. The molecule has 0 spiro atoms. The van der Waals surface area contributed by atoms with Gasteiger partial charge in [0.25, 0.3) is 5.91 Å². The van der Waals surface area contributed by atoms with Crippen molar-refractivity contribution in [2.24, 2.45) is 0 Å². The molecule has 26 heavy (non-hydrogen) atoms. The maximum atomic E-state index is 13.0. The highest BCUT2D eigenvalue weighted by Crippen LogP contribution is 2.39. The molecule has 0 N–H and O–H groups in total. The van der Waals surface area contributed by atoms with Crippen molar-refractivity contribution >= 4 is 29.0 Å². The van der Waals surface area contributed by atoms with Crippen molar-refractivity contribution in [3.05, 3.63) is 76.5 Å². The fourth-order valence-electron chi connectivity index (χ4n) is 3.12. The Balaban J connectivity index is 1.54. The summed E-state index contributed by atoms with van der Waals surface area (Å²) in [7, 11) is 1.66. The number of hydrogen-bond donors (Lipinski definition) is 0. The van der Waals surface area contributed by atoms with Crippen LogP contribution in [0.3, 0.4) is 0 Å². The summed E-state index contributed by atoms with van der Waals surface area (Å²) in [4.78, 5) is 15.0. The molecule has 4 rings (SSSR count). The van der Waals surface area contributed by atoms with Crippen LogP contribution in [0, 0.1) is 0 Å². The van der Waals surface area contributed by atoms with Gasteiger partial charge in [-0.2, -0.15) is 11.3 Å². The SMILES string of the molecule is COc1ccc(C2SCCN2C(=O)c2ccc(-c3ccsc3)cc2)cc1. The first-order chi connectivity index (χ1) is 12.8. The molecule has 132 valence electrons. The van der Waals surface area contributed by atoms with Crippen molar-refractivity contribution in [2.45, 2.75) is 5.37 Å². The van der Waals surface area contributed by atoms with E-state index in [0.29, 0.717) is 0 Å². The van der Waals surface area contributed by atoms with E-state index in [0.717, 1.165) is 34.7 Å². The van der Waals surface area contributed by atoms with Gasteiger partial charge in [0, 0.05) is 17.9 Å². The lowest BCUT2D eigenvalue weighted by Gasteiger charge is -2.24. The highest BCUT2D eigenvalue weighted by molar-refractivity contribution is 7.99. The third kappa shape index (κ3) is 3.37. The second kappa shape index (κ2) is 7.56. The zero-order valence-electron chi connectivity index (χ0n) is 14.4. The van der Waals surface area contributed by atoms with Gasteiger partial charge in [-0.1, -0.05) is 24.3 Å². The largest absolute Gasteiger partial charge is 0.497 e. The smallest absolute Gasteiger partial charge is 0.255 e. The molecule has 1 aliphatic heterocycles. The molecule has 5 heteroatoms. The van der Waals surface area contributed by atoms with Crippen LogP contribution in [0.5, 0.6) is 5.75 Å². The van der Waals surface area contributed by atoms with Gasteiger partial charge in [-0.15, -0.1) is 11.8 Å². The highest BCUT2D eigenvalue weighted by atomic mass is 32.2. The van der Waals surface area contributed by atoms with Gasteiger partial charge in [-0.05, 0) is 57.8 Å². The lowest BCUT2D eigenvalue weighted by atomic mass is 10.1. The van der Waals surface area contributed by atoms with Crippen molar-refractivity contribution in [1.82, 2.24) is 4.90 Å². The molecule has 1 amide bonds. The Bertz CT molecular complexity index is 873. The Morgan fingerprint density at radius 2 is 1.81 bits per heavy atom. The minimum Gasteiger partial charge on any atom is -0.497 e. The molecule has 1 aromatic heterocycles. The minimum atomic E-state index is 0.0601. The fourth-order valence-corrected chi connectivity index (χ4v) is 5.04. The molecular formula is C21H19NO2S2. The molecule has 2 heterocycles. The maximum Gasteiger partial charge on any atom is 0.255 e. The average molecular weight is 382 g/mol. The van der Waals surface area contributed by atoms with Gasteiger partial charge in [0.05, 0.1) is 7.11 Å². The Morgan fingerprint density at radius 3 is 2.46 bits per heavy atom. The molecule has 1 unspecified atom stereocenters. The quantitative estimate of drug-likeness (QED) is 0.613. The van der Waals surface area contributed by atoms with Crippen molar-refractivity contribution in [3.8, 4) is 16.9 Å². The highest BCUT2D eigenvalue weighted by Gasteiger charge is 2.31. The van der Waals surface area contributed by atoms with Gasteiger partial charge in [0.2, 0.25) is 0 Å². The van der Waals surface area contributed by atoms with E-state index in [1.807, 2.05) is 53.4 Å². The number of benzene rings is 2. The monoisotopic (exact) mass is 381 g/mol. The summed E-state index contributed by atoms with van der Waals surface area (Å²) in [6.07, 6.45) is 0. The summed E-state index contributed by atoms with van der Waals surface area (Å²) in [5, 5.41) is 4.24. The second-order valence-corrected chi connectivity index (χ2v) is 8.05. The third-order valence-electron chi connectivity index (χ3n) is 4.54. The number of amides is 1. The van der Waals surface area contributed by atoms with Crippen LogP contribution in [-0.4, -0.2) is 30.2 Å². The molecule has 0 bridgehead atoms. The van der Waals surface area contributed by atoms with Crippen LogP contribution in [0.2, 0.25) is 0 Å². The van der Waals surface area contributed by atoms with Crippen LogP contribution in [0.1, 0.15) is 21.3 Å². The molecule has 0 aliphatic carbocycles. The second-order valence-electron chi connectivity index (χ2n) is 6.08. The molecule has 1 fully saturated rings. The van der Waals surface area contributed by atoms with Crippen molar-refractivity contribution in [2.75, 3.05) is 19.4 Å². The average Bonchev–Trinajstić information content (AvgIpc) is 3.40. The van der Waals surface area contributed by atoms with Gasteiger partial charge in [-0.25, -0.2) is 0 Å². The number of carbonyl (C=O) groups is 1. The van der Waals surface area contributed by atoms with Gasteiger partial charge in [0.1, 0.15) is 11.1 Å². The Labute approximate surface area is 161 Å². The summed E-state index contributed by atoms with van der Waals surface area (Å²) >= 11 is 3.49. The fraction of sp³-hybridized carbons (Fsp3) is 0.190. The Hall–Kier alpha value is -2.24. The first kappa shape index (κ1) is 17.2.